The van der Waals surface area contributed by atoms with Gasteiger partial charge in [-0.2, -0.15) is 0 Å². The molecule has 2 saturated heterocycles. The molecule has 11 unspecified atom stereocenters. The first-order chi connectivity index (χ1) is 57.2. The van der Waals surface area contributed by atoms with Crippen molar-refractivity contribution in [3.63, 3.8) is 0 Å². The van der Waals surface area contributed by atoms with Gasteiger partial charge in [-0.05, 0) is 134 Å². The number of carbonyl (C=O) groups is 13. The van der Waals surface area contributed by atoms with Crippen molar-refractivity contribution in [1.29, 1.82) is 0 Å². The third kappa shape index (κ3) is 25.2. The van der Waals surface area contributed by atoms with Crippen LogP contribution in [0, 0.1) is 5.92 Å². The van der Waals surface area contributed by atoms with Crippen LogP contribution in [-0.4, -0.2) is 193 Å². The van der Waals surface area contributed by atoms with E-state index in [2.05, 4.69) is 67.8 Å². The molecule has 0 bridgehead atoms. The average Bonchev–Trinajstić information content (AvgIpc) is 1.74. The number of aromatic nitrogens is 4. The van der Waals surface area contributed by atoms with E-state index < -0.39 is 144 Å². The van der Waals surface area contributed by atoms with E-state index >= 15 is 33.6 Å². The van der Waals surface area contributed by atoms with Crippen LogP contribution in [0.15, 0.2) is 159 Å². The van der Waals surface area contributed by atoms with Crippen LogP contribution in [0.5, 0.6) is 0 Å². The summed E-state index contributed by atoms with van der Waals surface area (Å²) in [5, 5.41) is 26.8. The molecule has 8 aromatic rings. The fraction of sp³-hybridized carbons (Fsp3) is 0.407. The number of nitrogens with one attached hydrogen (secondary N) is 11. The number of primary amides is 2. The number of hydrogen-bond acceptors (Lipinski definition) is 16. The van der Waals surface area contributed by atoms with E-state index in [9.17, 15) is 28.8 Å². The second-order valence-electron chi connectivity index (χ2n) is 30.6. The number of benzene rings is 4. The number of rotatable bonds is 42. The Balaban J connectivity index is 0.886. The van der Waals surface area contributed by atoms with Gasteiger partial charge >= 0.3 is 0 Å². The number of carbonyl (C=O) groups excluding carboxylic acids is 13. The van der Waals surface area contributed by atoms with Gasteiger partial charge < -0.3 is 84.8 Å². The van der Waals surface area contributed by atoms with Gasteiger partial charge in [-0.1, -0.05) is 136 Å². The molecule has 2 aliphatic rings. The van der Waals surface area contributed by atoms with Crippen molar-refractivity contribution in [2.24, 2.45) is 23.1 Å². The van der Waals surface area contributed by atoms with Crippen molar-refractivity contribution >= 4 is 122 Å². The van der Waals surface area contributed by atoms with E-state index in [0.29, 0.717) is 89.4 Å². The Labute approximate surface area is 699 Å². The van der Waals surface area contributed by atoms with Crippen LogP contribution >= 0.6 is 23.2 Å². The Morgan fingerprint density at radius 1 is 0.487 bits per heavy atom. The number of halogens is 2. The van der Waals surface area contributed by atoms with E-state index in [1.165, 1.54) is 34.3 Å². The zero-order valence-electron chi connectivity index (χ0n) is 66.7. The topological polar surface area (TPSA) is 472 Å². The molecule has 0 radical (unpaired) electrons. The van der Waals surface area contributed by atoms with Crippen LogP contribution in [0.3, 0.4) is 0 Å². The smallest absolute Gasteiger partial charge is 0.252 e. The molecule has 0 saturated carbocycles. The summed E-state index contributed by atoms with van der Waals surface area (Å²) in [7, 11) is 0. The zero-order chi connectivity index (χ0) is 85.2. The molecule has 33 heteroatoms. The summed E-state index contributed by atoms with van der Waals surface area (Å²) >= 11 is 12.9. The number of fused-ring (bicyclic) bond motifs is 2. The quantitative estimate of drug-likeness (QED) is 0.0232. The Morgan fingerprint density at radius 3 is 1.52 bits per heavy atom. The summed E-state index contributed by atoms with van der Waals surface area (Å²) in [6.07, 6.45) is 11.7. The minimum absolute atomic E-state index is 0.0347. The molecule has 17 N–H and O–H groups in total. The van der Waals surface area contributed by atoms with Gasteiger partial charge in [0.2, 0.25) is 70.9 Å². The second kappa shape index (κ2) is 43.4. The monoisotopic (exact) mass is 1670 g/mol. The highest BCUT2D eigenvalue weighted by Gasteiger charge is 2.43. The Bertz CT molecular complexity index is 4900. The number of amides is 13. The Kier molecular flexibility index (Phi) is 32.5. The van der Waals surface area contributed by atoms with Crippen LogP contribution in [-0.2, 0) is 89.6 Å². The van der Waals surface area contributed by atoms with Gasteiger partial charge in [0.25, 0.3) is 5.91 Å². The van der Waals surface area contributed by atoms with E-state index in [1.807, 2.05) is 45.0 Å². The van der Waals surface area contributed by atoms with Crippen molar-refractivity contribution in [3.8, 4) is 0 Å². The molecule has 119 heavy (non-hydrogen) atoms. The lowest BCUT2D eigenvalue weighted by atomic mass is 9.99. The number of pyridine rings is 2. The first-order valence-electron chi connectivity index (χ1n) is 40.2. The molecular weight excluding hydrogens is 1560 g/mol. The van der Waals surface area contributed by atoms with E-state index in [-0.39, 0.29) is 99.2 Å². The minimum Gasteiger partial charge on any atom is -0.370 e. The number of H-pyrrole nitrogens is 2. The van der Waals surface area contributed by atoms with Crippen molar-refractivity contribution in [2.45, 2.75) is 196 Å². The summed E-state index contributed by atoms with van der Waals surface area (Å²) in [5.41, 5.74) is 22.5. The fourth-order valence-corrected chi connectivity index (χ4v) is 15.3. The molecule has 10 rings (SSSR count). The molecule has 31 nitrogen and oxygen atoms in total. The first kappa shape index (κ1) is 89.3. The second-order valence-corrected chi connectivity index (χ2v) is 31.5. The van der Waals surface area contributed by atoms with Gasteiger partial charge in [-0.25, -0.2) is 0 Å². The van der Waals surface area contributed by atoms with Crippen LogP contribution < -0.4 is 65.1 Å². The molecule has 2 fully saturated rings. The van der Waals surface area contributed by atoms with Gasteiger partial charge in [-0.15, -0.1) is 0 Å². The molecule has 11 atom stereocenters. The number of hydrogen-bond donors (Lipinski definition) is 14. The number of nitrogens with two attached hydrogens (primary N) is 3. The highest BCUT2D eigenvalue weighted by molar-refractivity contribution is 6.42. The standard InChI is InChI=1S/C86H104Cl2N18O13/c1-4-5-26-64(75(91)108)97-77(110)65(38-50(2)3)98-80(113)68(43-55-48-95-62-27-11-9-23-57(55)62)100-78(111)66(40-51-19-7-6-8-20-51)99-81(114)69(44-56-49-96-63-28-12-10-24-58(56)63)101-82(115)70(45-74(90)107)102-79(112)67(41-52-31-32-59(87)60(88)39-52)103-83(116)73-30-18-37-106(73)86(119)71(42-53-21-15-33-92-46-53)104-84(117)72-29-17-36-105(72)85(118)61(89)25-13-14-35-94-76(109)54-22-16-34-93-47-54/h6-12,15-16,19-24,27-28,31-34,39,46-50,61,64-73,95-96H,4-5,13-14,17-18,25-26,29-30,35-38,40-45,89H2,1-3H3,(H2,90,107)(H2,91,108)(H,94,109)(H,97,110)(H,98,113)(H,99,114)(H,100,111)(H,101,115)(H,102,112)(H,103,116)(H,104,117). The van der Waals surface area contributed by atoms with Gasteiger partial charge in [-0.3, -0.25) is 72.3 Å². The van der Waals surface area contributed by atoms with Crippen LogP contribution in [0.1, 0.15) is 136 Å². The molecule has 6 heterocycles. The molecule has 630 valence electrons. The lowest BCUT2D eigenvalue weighted by molar-refractivity contribution is -0.144. The molecule has 4 aromatic heterocycles. The van der Waals surface area contributed by atoms with Gasteiger partial charge in [0.15, 0.2) is 0 Å². The van der Waals surface area contributed by atoms with Gasteiger partial charge in [0.05, 0.1) is 28.1 Å². The van der Waals surface area contributed by atoms with E-state index in [4.69, 9.17) is 40.4 Å². The molecule has 4 aromatic carbocycles. The SMILES string of the molecule is CCCCC(NC(=O)C(CC(C)C)NC(=O)C(Cc1c[nH]c2ccccc12)NC(=O)C(Cc1ccccc1)NC(=O)C(Cc1c[nH]c2ccccc12)NC(=O)C(CC(N)=O)NC(=O)C(Cc1ccc(Cl)c(Cl)c1)NC(=O)C1CCCN1C(=O)C(Cc1cccnc1)NC(=O)C1CCCN1C(=O)C(N)CCCCNC(=O)c1cccnc1)C(N)=O. The summed E-state index contributed by atoms with van der Waals surface area (Å²) in [6.45, 7) is 6.21. The highest BCUT2D eigenvalue weighted by atomic mass is 35.5. The maximum absolute atomic E-state index is 15.5. The largest absolute Gasteiger partial charge is 0.370 e. The first-order valence-corrected chi connectivity index (χ1v) is 41.0. The Morgan fingerprint density at radius 2 is 0.975 bits per heavy atom. The van der Waals surface area contributed by atoms with Crippen molar-refractivity contribution in [1.82, 2.24) is 77.6 Å². The van der Waals surface area contributed by atoms with Crippen LogP contribution in [0.2, 0.25) is 10.0 Å². The number of nitrogens with zero attached hydrogens (tertiary/aromatic N) is 4. The van der Waals surface area contributed by atoms with Crippen LogP contribution in [0.25, 0.3) is 21.8 Å². The average molecular weight is 1670 g/mol. The zero-order valence-corrected chi connectivity index (χ0v) is 68.2. The molecule has 13 amide bonds. The number of unbranched alkanes of at least 4 members (excludes halogenated alkanes) is 2. The molecule has 0 aliphatic carbocycles. The van der Waals surface area contributed by atoms with Gasteiger partial charge in [0.1, 0.15) is 60.4 Å². The maximum atomic E-state index is 15.5. The predicted octanol–water partition coefficient (Wildman–Crippen LogP) is 4.64. The molecule has 0 spiro atoms. The maximum Gasteiger partial charge on any atom is 0.252 e. The highest BCUT2D eigenvalue weighted by Crippen LogP contribution is 2.28. The van der Waals surface area contributed by atoms with Crippen LogP contribution in [0.4, 0.5) is 0 Å². The van der Waals surface area contributed by atoms with Crippen molar-refractivity contribution in [3.05, 3.63) is 202 Å². The minimum atomic E-state index is -1.87. The number of para-hydroxylation sites is 2. The number of likely N-dealkylation sites (tertiary alicyclic amines) is 2. The third-order valence-corrected chi connectivity index (χ3v) is 22.0. The summed E-state index contributed by atoms with van der Waals surface area (Å²) in [5.74, 6) is -10.2. The summed E-state index contributed by atoms with van der Waals surface area (Å²) in [4.78, 5) is 205. The van der Waals surface area contributed by atoms with E-state index in [1.54, 1.807) is 110 Å². The lowest BCUT2D eigenvalue weighted by Gasteiger charge is -2.32. The normalized spacial score (nSPS) is 16.2. The Hall–Kier alpha value is -12.1. The summed E-state index contributed by atoms with van der Waals surface area (Å²) < 4.78 is 0. The summed E-state index contributed by atoms with van der Waals surface area (Å²) in [6, 6.07) is 19.4. The molecule has 2 aliphatic heterocycles. The fourth-order valence-electron chi connectivity index (χ4n) is 15.0. The van der Waals surface area contributed by atoms with Crippen molar-refractivity contribution < 1.29 is 62.3 Å². The van der Waals surface area contributed by atoms with Crippen molar-refractivity contribution in [2.75, 3.05) is 19.6 Å². The van der Waals surface area contributed by atoms with E-state index in [0.717, 1.165) is 10.9 Å². The van der Waals surface area contributed by atoms with Gasteiger partial charge in [0, 0.05) is 111 Å². The molecular formula is C86H104Cl2N18O13. The predicted molar refractivity (Wildman–Crippen MR) is 448 cm³/mol. The third-order valence-electron chi connectivity index (χ3n) is 21.2. The number of aromatic amines is 2. The lowest BCUT2D eigenvalue weighted by Crippen LogP contribution is -2.61.